The van der Waals surface area contributed by atoms with Gasteiger partial charge in [0.05, 0.1) is 0 Å². The number of benzene rings is 1. The van der Waals surface area contributed by atoms with Crippen LogP contribution in [0, 0.1) is 5.92 Å². The van der Waals surface area contributed by atoms with Crippen LogP contribution >= 0.6 is 11.3 Å². The first kappa shape index (κ1) is 14.7. The van der Waals surface area contributed by atoms with Gasteiger partial charge in [0.25, 0.3) is 0 Å². The quantitative estimate of drug-likeness (QED) is 0.858. The molecule has 3 N–H and O–H groups in total. The minimum absolute atomic E-state index is 0.0259. The van der Waals surface area contributed by atoms with E-state index in [2.05, 4.69) is 10.3 Å². The minimum Gasteiger partial charge on any atom is -0.330 e. The van der Waals surface area contributed by atoms with Gasteiger partial charge in [-0.2, -0.15) is 0 Å². The van der Waals surface area contributed by atoms with Gasteiger partial charge in [-0.3, -0.25) is 4.79 Å². The van der Waals surface area contributed by atoms with Crippen LogP contribution in [-0.2, 0) is 4.79 Å². The third-order valence-corrected chi connectivity index (χ3v) is 3.92. The molecule has 106 valence electrons. The number of nitrogens with one attached hydrogen (secondary N) is 1. The molecule has 2 rings (SSSR count). The monoisotopic (exact) mass is 289 g/mol. The van der Waals surface area contributed by atoms with Crippen molar-refractivity contribution in [1.82, 2.24) is 4.98 Å². The molecule has 1 atom stereocenters. The maximum absolute atomic E-state index is 12.1. The first-order valence-corrected chi connectivity index (χ1v) is 7.59. The molecule has 4 nitrogen and oxygen atoms in total. The highest BCUT2D eigenvalue weighted by molar-refractivity contribution is 7.13. The number of hydrogen-bond acceptors (Lipinski definition) is 4. The molecule has 20 heavy (non-hydrogen) atoms. The molecule has 1 aromatic heterocycles. The third kappa shape index (κ3) is 3.88. The average Bonchev–Trinajstić information content (AvgIpc) is 2.99. The van der Waals surface area contributed by atoms with E-state index >= 15 is 0 Å². The fraction of sp³-hybridized carbons (Fsp3) is 0.333. The average molecular weight is 289 g/mol. The molecular weight excluding hydrogens is 270 g/mol. The van der Waals surface area contributed by atoms with Crippen LogP contribution < -0.4 is 11.1 Å². The Bertz CT molecular complexity index is 554. The van der Waals surface area contributed by atoms with E-state index in [0.717, 1.165) is 29.1 Å². The van der Waals surface area contributed by atoms with Crippen molar-refractivity contribution >= 4 is 22.9 Å². The summed E-state index contributed by atoms with van der Waals surface area (Å²) >= 11 is 1.58. The summed E-state index contributed by atoms with van der Waals surface area (Å²) in [5.41, 5.74) is 7.29. The van der Waals surface area contributed by atoms with Crippen molar-refractivity contribution in [2.45, 2.75) is 19.8 Å². The lowest BCUT2D eigenvalue weighted by atomic mass is 10.0. The number of thiazole rings is 1. The topological polar surface area (TPSA) is 68.0 Å². The number of rotatable bonds is 6. The van der Waals surface area contributed by atoms with Crippen molar-refractivity contribution in [3.63, 3.8) is 0 Å². The van der Waals surface area contributed by atoms with Crippen molar-refractivity contribution in [3.8, 4) is 10.6 Å². The highest BCUT2D eigenvalue weighted by Crippen LogP contribution is 2.24. The molecule has 0 saturated carbocycles. The summed E-state index contributed by atoms with van der Waals surface area (Å²) in [6.07, 6.45) is 3.46. The van der Waals surface area contributed by atoms with Crippen molar-refractivity contribution < 1.29 is 4.79 Å². The Morgan fingerprint density at radius 3 is 3.05 bits per heavy atom. The molecule has 1 amide bonds. The van der Waals surface area contributed by atoms with E-state index in [1.54, 1.807) is 17.5 Å². The zero-order valence-corrected chi connectivity index (χ0v) is 12.3. The number of amides is 1. The van der Waals surface area contributed by atoms with Gasteiger partial charge in [-0.1, -0.05) is 19.1 Å². The van der Waals surface area contributed by atoms with Crippen LogP contribution in [0.5, 0.6) is 0 Å². The van der Waals surface area contributed by atoms with Gasteiger partial charge in [0.2, 0.25) is 5.91 Å². The van der Waals surface area contributed by atoms with E-state index in [1.165, 1.54) is 0 Å². The molecule has 0 spiro atoms. The first-order chi connectivity index (χ1) is 9.70. The lowest BCUT2D eigenvalue weighted by Crippen LogP contribution is -2.21. The van der Waals surface area contributed by atoms with Gasteiger partial charge in [0.1, 0.15) is 5.01 Å². The second kappa shape index (κ2) is 7.17. The Kier molecular flexibility index (Phi) is 5.26. The van der Waals surface area contributed by atoms with Crippen LogP contribution in [-0.4, -0.2) is 17.4 Å². The number of carbonyl (C=O) groups is 1. The zero-order chi connectivity index (χ0) is 14.4. The van der Waals surface area contributed by atoms with Crippen LogP contribution in [0.25, 0.3) is 10.6 Å². The van der Waals surface area contributed by atoms with Gasteiger partial charge in [-0.15, -0.1) is 11.3 Å². The van der Waals surface area contributed by atoms with E-state index < -0.39 is 0 Å². The molecule has 1 aromatic carbocycles. The number of carbonyl (C=O) groups excluding carboxylic acids is 1. The molecule has 5 heteroatoms. The van der Waals surface area contributed by atoms with Crippen LogP contribution in [0.2, 0.25) is 0 Å². The van der Waals surface area contributed by atoms with Gasteiger partial charge in [0, 0.05) is 28.7 Å². The summed E-state index contributed by atoms with van der Waals surface area (Å²) < 4.78 is 0. The summed E-state index contributed by atoms with van der Waals surface area (Å²) in [6, 6.07) is 7.76. The van der Waals surface area contributed by atoms with Gasteiger partial charge in [-0.25, -0.2) is 4.98 Å². The summed E-state index contributed by atoms with van der Waals surface area (Å²) in [4.78, 5) is 16.3. The standard InChI is InChI=1S/C15H19N3OS/c1-11(4-3-7-16)14(19)18-13-6-2-5-12(10-13)15-17-8-9-20-15/h2,5-6,8-11H,3-4,7,16H2,1H3,(H,18,19). The summed E-state index contributed by atoms with van der Waals surface area (Å²) in [7, 11) is 0. The first-order valence-electron chi connectivity index (χ1n) is 6.71. The molecule has 0 radical (unpaired) electrons. The van der Waals surface area contributed by atoms with Crippen molar-refractivity contribution in [1.29, 1.82) is 0 Å². The van der Waals surface area contributed by atoms with Crippen molar-refractivity contribution in [2.75, 3.05) is 11.9 Å². The second-order valence-corrected chi connectivity index (χ2v) is 5.63. The number of anilines is 1. The van der Waals surface area contributed by atoms with E-state index in [0.29, 0.717) is 6.54 Å². The predicted octanol–water partition coefficient (Wildman–Crippen LogP) is 3.12. The molecule has 0 aliphatic carbocycles. The number of nitrogens with zero attached hydrogens (tertiary/aromatic N) is 1. The number of nitrogens with two attached hydrogens (primary N) is 1. The maximum Gasteiger partial charge on any atom is 0.227 e. The van der Waals surface area contributed by atoms with E-state index in [1.807, 2.05) is 36.6 Å². The lowest BCUT2D eigenvalue weighted by Gasteiger charge is -2.12. The Morgan fingerprint density at radius 2 is 2.35 bits per heavy atom. The molecule has 0 saturated heterocycles. The SMILES string of the molecule is CC(CCCN)C(=O)Nc1cccc(-c2nccs2)c1. The maximum atomic E-state index is 12.1. The van der Waals surface area contributed by atoms with Crippen molar-refractivity contribution in [2.24, 2.45) is 11.7 Å². The third-order valence-electron chi connectivity index (χ3n) is 3.10. The molecule has 1 heterocycles. The van der Waals surface area contributed by atoms with Crippen LogP contribution in [0.15, 0.2) is 35.8 Å². The van der Waals surface area contributed by atoms with Crippen molar-refractivity contribution in [3.05, 3.63) is 35.8 Å². The molecule has 0 fully saturated rings. The van der Waals surface area contributed by atoms with Gasteiger partial charge < -0.3 is 11.1 Å². The fourth-order valence-corrected chi connectivity index (χ4v) is 2.55. The Balaban J connectivity index is 2.03. The molecular formula is C15H19N3OS. The Labute approximate surface area is 123 Å². The summed E-state index contributed by atoms with van der Waals surface area (Å²) in [6.45, 7) is 2.55. The Hall–Kier alpha value is -1.72. The van der Waals surface area contributed by atoms with Crippen LogP contribution in [0.3, 0.4) is 0 Å². The highest BCUT2D eigenvalue weighted by atomic mass is 32.1. The predicted molar refractivity (Wildman–Crippen MR) is 83.6 cm³/mol. The zero-order valence-electron chi connectivity index (χ0n) is 11.5. The second-order valence-electron chi connectivity index (χ2n) is 4.74. The van der Waals surface area contributed by atoms with E-state index in [9.17, 15) is 4.79 Å². The fourth-order valence-electron chi connectivity index (χ4n) is 1.92. The molecule has 2 aromatic rings. The number of hydrogen-bond donors (Lipinski definition) is 2. The summed E-state index contributed by atoms with van der Waals surface area (Å²) in [5.74, 6) is 0.0109. The van der Waals surface area contributed by atoms with Gasteiger partial charge >= 0.3 is 0 Å². The van der Waals surface area contributed by atoms with Crippen LogP contribution in [0.4, 0.5) is 5.69 Å². The summed E-state index contributed by atoms with van der Waals surface area (Å²) in [5, 5.41) is 5.85. The molecule has 1 unspecified atom stereocenters. The number of aromatic nitrogens is 1. The molecule has 0 aliphatic heterocycles. The highest BCUT2D eigenvalue weighted by Gasteiger charge is 2.12. The largest absolute Gasteiger partial charge is 0.330 e. The van der Waals surface area contributed by atoms with E-state index in [-0.39, 0.29) is 11.8 Å². The van der Waals surface area contributed by atoms with Gasteiger partial charge in [-0.05, 0) is 31.5 Å². The normalized spacial score (nSPS) is 12.1. The van der Waals surface area contributed by atoms with Gasteiger partial charge in [0.15, 0.2) is 0 Å². The molecule has 0 bridgehead atoms. The minimum atomic E-state index is -0.0259. The smallest absolute Gasteiger partial charge is 0.227 e. The van der Waals surface area contributed by atoms with E-state index in [4.69, 9.17) is 5.73 Å². The lowest BCUT2D eigenvalue weighted by molar-refractivity contribution is -0.119. The Morgan fingerprint density at radius 1 is 1.50 bits per heavy atom. The molecule has 0 aliphatic rings. The van der Waals surface area contributed by atoms with Crippen LogP contribution in [0.1, 0.15) is 19.8 Å².